The second kappa shape index (κ2) is 8.80. The fourth-order valence-electron chi connectivity index (χ4n) is 1.59. The number of carboxylic acid groups (broad SMARTS) is 1. The van der Waals surface area contributed by atoms with E-state index in [0.717, 1.165) is 10.5 Å². The van der Waals surface area contributed by atoms with Gasteiger partial charge in [-0.15, -0.1) is 0 Å². The molecule has 1 rings (SSSR count). The van der Waals surface area contributed by atoms with Crippen molar-refractivity contribution in [3.8, 4) is 0 Å². The molecule has 7 heteroatoms. The topological polar surface area (TPSA) is 90.3 Å². The number of amides is 2. The highest BCUT2D eigenvalue weighted by Crippen LogP contribution is 2.03. The quantitative estimate of drug-likeness (QED) is 0.789. The molecule has 0 fully saturated rings. The van der Waals surface area contributed by atoms with Gasteiger partial charge in [-0.05, 0) is 5.56 Å². The van der Waals surface area contributed by atoms with E-state index in [2.05, 4.69) is 0 Å². The van der Waals surface area contributed by atoms with Crippen molar-refractivity contribution in [3.63, 3.8) is 0 Å². The Morgan fingerprint density at radius 2 is 1.81 bits per heavy atom. The molecule has 116 valence electrons. The fraction of sp³-hybridized carbons (Fsp3) is 0.429. The number of hydrogen-bond acceptors (Lipinski definition) is 4. The lowest BCUT2D eigenvalue weighted by molar-refractivity contribution is 0.0839. The molecule has 0 spiro atoms. The van der Waals surface area contributed by atoms with Crippen molar-refractivity contribution >= 4 is 12.2 Å². The second-order valence-electron chi connectivity index (χ2n) is 4.45. The van der Waals surface area contributed by atoms with Crippen molar-refractivity contribution < 1.29 is 24.5 Å². The number of ether oxygens (including phenoxy) is 1. The van der Waals surface area contributed by atoms with Crippen molar-refractivity contribution in [1.82, 2.24) is 9.80 Å². The molecule has 0 aliphatic heterocycles. The second-order valence-corrected chi connectivity index (χ2v) is 4.45. The van der Waals surface area contributed by atoms with E-state index in [1.54, 1.807) is 0 Å². The Morgan fingerprint density at radius 3 is 2.38 bits per heavy atom. The number of benzene rings is 1. The molecule has 0 atom stereocenters. The van der Waals surface area contributed by atoms with E-state index in [9.17, 15) is 9.59 Å². The predicted molar refractivity (Wildman–Crippen MR) is 75.9 cm³/mol. The third kappa shape index (κ3) is 6.13. The Hall–Kier alpha value is -2.28. The molecule has 1 aromatic carbocycles. The summed E-state index contributed by atoms with van der Waals surface area (Å²) in [4.78, 5) is 25.0. The van der Waals surface area contributed by atoms with Crippen LogP contribution in [0.15, 0.2) is 30.3 Å². The number of nitrogens with zero attached hydrogens (tertiary/aromatic N) is 2. The summed E-state index contributed by atoms with van der Waals surface area (Å²) in [6.45, 7) is 0.335. The van der Waals surface area contributed by atoms with Crippen LogP contribution in [0.5, 0.6) is 0 Å². The van der Waals surface area contributed by atoms with Gasteiger partial charge in [0.2, 0.25) is 0 Å². The summed E-state index contributed by atoms with van der Waals surface area (Å²) < 4.78 is 5.15. The standard InChI is InChI=1S/C14H20N2O5/c1-15(13(18)19)7-8-16(9-10-17)14(20)21-11-12-5-3-2-4-6-12/h2-6,17H,7-11H2,1H3,(H,18,19). The SMILES string of the molecule is CN(CCN(CCO)C(=O)OCc1ccccc1)C(=O)O. The van der Waals surface area contributed by atoms with Crippen LogP contribution < -0.4 is 0 Å². The largest absolute Gasteiger partial charge is 0.465 e. The Labute approximate surface area is 123 Å². The number of carbonyl (C=O) groups is 2. The average Bonchev–Trinajstić information content (AvgIpc) is 2.49. The fourth-order valence-corrected chi connectivity index (χ4v) is 1.59. The molecule has 7 nitrogen and oxygen atoms in total. The van der Waals surface area contributed by atoms with Gasteiger partial charge >= 0.3 is 12.2 Å². The lowest BCUT2D eigenvalue weighted by Gasteiger charge is -2.23. The number of rotatable bonds is 7. The molecule has 0 saturated heterocycles. The van der Waals surface area contributed by atoms with Crippen LogP contribution in [0.25, 0.3) is 0 Å². The highest BCUT2D eigenvalue weighted by atomic mass is 16.6. The molecule has 0 bridgehead atoms. The first kappa shape index (κ1) is 16.8. The molecule has 0 aromatic heterocycles. The lowest BCUT2D eigenvalue weighted by Crippen LogP contribution is -2.40. The maximum atomic E-state index is 11.9. The molecule has 2 N–H and O–H groups in total. The van der Waals surface area contributed by atoms with Gasteiger partial charge in [-0.1, -0.05) is 30.3 Å². The van der Waals surface area contributed by atoms with Crippen molar-refractivity contribution in [2.24, 2.45) is 0 Å². The number of hydrogen-bond donors (Lipinski definition) is 2. The Kier molecular flexibility index (Phi) is 7.03. The van der Waals surface area contributed by atoms with Crippen LogP contribution >= 0.6 is 0 Å². The first-order valence-corrected chi connectivity index (χ1v) is 6.55. The summed E-state index contributed by atoms with van der Waals surface area (Å²) in [6, 6.07) is 9.22. The van der Waals surface area contributed by atoms with E-state index in [-0.39, 0.29) is 32.8 Å². The van der Waals surface area contributed by atoms with E-state index < -0.39 is 12.2 Å². The third-order valence-corrected chi connectivity index (χ3v) is 2.87. The van der Waals surface area contributed by atoms with Crippen molar-refractivity contribution in [3.05, 3.63) is 35.9 Å². The summed E-state index contributed by atoms with van der Waals surface area (Å²) in [6.07, 6.45) is -1.65. The van der Waals surface area contributed by atoms with Crippen LogP contribution in [-0.4, -0.2) is 65.5 Å². The average molecular weight is 296 g/mol. The zero-order valence-corrected chi connectivity index (χ0v) is 11.9. The van der Waals surface area contributed by atoms with Crippen LogP contribution in [0, 0.1) is 0 Å². The van der Waals surface area contributed by atoms with Gasteiger partial charge in [-0.3, -0.25) is 0 Å². The van der Waals surface area contributed by atoms with Gasteiger partial charge < -0.3 is 24.7 Å². The smallest absolute Gasteiger partial charge is 0.410 e. The molecule has 0 aliphatic carbocycles. The Bertz CT molecular complexity index is 452. The minimum absolute atomic E-state index is 0.0983. The first-order valence-electron chi connectivity index (χ1n) is 6.55. The van der Waals surface area contributed by atoms with Gasteiger partial charge in [-0.2, -0.15) is 0 Å². The zero-order valence-electron chi connectivity index (χ0n) is 11.9. The molecule has 2 amide bonds. The van der Waals surface area contributed by atoms with Crippen molar-refractivity contribution in [1.29, 1.82) is 0 Å². The molecule has 1 aromatic rings. The molecular weight excluding hydrogens is 276 g/mol. The predicted octanol–water partition coefficient (Wildman–Crippen LogP) is 1.23. The van der Waals surface area contributed by atoms with Gasteiger partial charge in [0.1, 0.15) is 6.61 Å². The van der Waals surface area contributed by atoms with E-state index in [0.29, 0.717) is 0 Å². The van der Waals surface area contributed by atoms with E-state index in [1.165, 1.54) is 11.9 Å². The van der Waals surface area contributed by atoms with E-state index >= 15 is 0 Å². The molecule has 0 heterocycles. The number of aliphatic hydroxyl groups is 1. The van der Waals surface area contributed by atoms with Crippen LogP contribution in [0.1, 0.15) is 5.56 Å². The van der Waals surface area contributed by atoms with Crippen LogP contribution in [0.3, 0.4) is 0 Å². The van der Waals surface area contributed by atoms with Crippen molar-refractivity contribution in [2.75, 3.05) is 33.3 Å². The summed E-state index contributed by atoms with van der Waals surface area (Å²) in [5.74, 6) is 0. The summed E-state index contributed by atoms with van der Waals surface area (Å²) in [5, 5.41) is 17.7. The molecule has 21 heavy (non-hydrogen) atoms. The summed E-state index contributed by atoms with van der Waals surface area (Å²) in [5.41, 5.74) is 0.859. The third-order valence-electron chi connectivity index (χ3n) is 2.87. The molecule has 0 aliphatic rings. The van der Waals surface area contributed by atoms with Gasteiger partial charge in [0.15, 0.2) is 0 Å². The van der Waals surface area contributed by atoms with Crippen LogP contribution in [0.4, 0.5) is 9.59 Å². The molecule has 0 unspecified atom stereocenters. The van der Waals surface area contributed by atoms with Crippen molar-refractivity contribution in [2.45, 2.75) is 6.61 Å². The van der Waals surface area contributed by atoms with E-state index in [1.807, 2.05) is 30.3 Å². The van der Waals surface area contributed by atoms with Crippen LogP contribution in [-0.2, 0) is 11.3 Å². The number of aliphatic hydroxyl groups excluding tert-OH is 1. The summed E-state index contributed by atoms with van der Waals surface area (Å²) >= 11 is 0. The minimum atomic E-state index is -1.07. The monoisotopic (exact) mass is 296 g/mol. The molecule has 0 saturated carbocycles. The lowest BCUT2D eigenvalue weighted by atomic mass is 10.2. The highest BCUT2D eigenvalue weighted by Gasteiger charge is 2.16. The van der Waals surface area contributed by atoms with Gasteiger partial charge in [0.25, 0.3) is 0 Å². The van der Waals surface area contributed by atoms with Gasteiger partial charge in [0.05, 0.1) is 6.61 Å². The Morgan fingerprint density at radius 1 is 1.14 bits per heavy atom. The molecule has 0 radical (unpaired) electrons. The van der Waals surface area contributed by atoms with Crippen LogP contribution in [0.2, 0.25) is 0 Å². The highest BCUT2D eigenvalue weighted by molar-refractivity contribution is 5.68. The maximum absolute atomic E-state index is 11.9. The zero-order chi connectivity index (χ0) is 15.7. The van der Waals surface area contributed by atoms with Gasteiger partial charge in [-0.25, -0.2) is 9.59 Å². The minimum Gasteiger partial charge on any atom is -0.465 e. The number of carbonyl (C=O) groups excluding carboxylic acids is 1. The van der Waals surface area contributed by atoms with Gasteiger partial charge in [0, 0.05) is 26.7 Å². The molecular formula is C14H20N2O5. The number of likely N-dealkylation sites (N-methyl/N-ethyl adjacent to an activating group) is 1. The maximum Gasteiger partial charge on any atom is 0.410 e. The first-order chi connectivity index (χ1) is 10.0. The van der Waals surface area contributed by atoms with E-state index in [4.69, 9.17) is 14.9 Å². The summed E-state index contributed by atoms with van der Waals surface area (Å²) in [7, 11) is 1.41. The normalized spacial score (nSPS) is 10.0. The Balaban J connectivity index is 2.47.